The van der Waals surface area contributed by atoms with E-state index in [4.69, 9.17) is 15.6 Å². The van der Waals surface area contributed by atoms with Gasteiger partial charge in [-0.1, -0.05) is 12.1 Å². The first-order valence-electron chi connectivity index (χ1n) is 5.12. The fraction of sp³-hybridized carbons (Fsp3) is 0.500. The molecule has 1 unspecified atom stereocenters. The molecule has 3 N–H and O–H groups in total. The SMILES string of the molecule is CC(C)Oc1ccc(C(C)(N)CO)cc1. The quantitative estimate of drug-likeness (QED) is 0.792. The summed E-state index contributed by atoms with van der Waals surface area (Å²) < 4.78 is 5.51. The molecule has 84 valence electrons. The van der Waals surface area contributed by atoms with Crippen LogP contribution in [0.25, 0.3) is 0 Å². The van der Waals surface area contributed by atoms with Gasteiger partial charge in [0.05, 0.1) is 18.2 Å². The highest BCUT2D eigenvalue weighted by Crippen LogP contribution is 2.21. The van der Waals surface area contributed by atoms with Gasteiger partial charge in [0.15, 0.2) is 0 Å². The summed E-state index contributed by atoms with van der Waals surface area (Å²) >= 11 is 0. The summed E-state index contributed by atoms with van der Waals surface area (Å²) in [5.41, 5.74) is 6.12. The van der Waals surface area contributed by atoms with E-state index in [9.17, 15) is 0 Å². The summed E-state index contributed by atoms with van der Waals surface area (Å²) in [6, 6.07) is 7.51. The summed E-state index contributed by atoms with van der Waals surface area (Å²) in [4.78, 5) is 0. The third-order valence-electron chi connectivity index (χ3n) is 2.21. The minimum atomic E-state index is -0.684. The standard InChI is InChI=1S/C12H19NO2/c1-9(2)15-11-6-4-10(5-7-11)12(3,13)8-14/h4-7,9,14H,8,13H2,1-3H3. The van der Waals surface area contributed by atoms with E-state index in [1.54, 1.807) is 6.92 Å². The molecule has 1 rings (SSSR count). The maximum absolute atomic E-state index is 9.11. The molecule has 1 atom stereocenters. The Morgan fingerprint density at radius 1 is 1.33 bits per heavy atom. The van der Waals surface area contributed by atoms with Gasteiger partial charge in [0.25, 0.3) is 0 Å². The second-order valence-corrected chi connectivity index (χ2v) is 4.27. The van der Waals surface area contributed by atoms with E-state index in [1.807, 2.05) is 38.1 Å². The van der Waals surface area contributed by atoms with Crippen molar-refractivity contribution in [3.8, 4) is 5.75 Å². The number of rotatable bonds is 4. The molecule has 15 heavy (non-hydrogen) atoms. The number of nitrogens with two attached hydrogens (primary N) is 1. The first-order valence-corrected chi connectivity index (χ1v) is 5.12. The van der Waals surface area contributed by atoms with Crippen molar-refractivity contribution in [3.63, 3.8) is 0 Å². The molecule has 3 heteroatoms. The summed E-state index contributed by atoms with van der Waals surface area (Å²) in [5, 5.41) is 9.11. The van der Waals surface area contributed by atoms with Crippen LogP contribution in [-0.4, -0.2) is 17.8 Å². The molecule has 0 saturated heterocycles. The number of ether oxygens (including phenoxy) is 1. The first-order chi connectivity index (χ1) is 6.95. The maximum atomic E-state index is 9.11. The number of aliphatic hydroxyl groups is 1. The van der Waals surface area contributed by atoms with Gasteiger partial charge < -0.3 is 15.6 Å². The van der Waals surface area contributed by atoms with Crippen molar-refractivity contribution in [2.24, 2.45) is 5.73 Å². The van der Waals surface area contributed by atoms with Gasteiger partial charge in [0.2, 0.25) is 0 Å². The molecule has 3 nitrogen and oxygen atoms in total. The molecule has 0 fully saturated rings. The molecule has 0 heterocycles. The third kappa shape index (κ3) is 3.22. The lowest BCUT2D eigenvalue weighted by Crippen LogP contribution is -2.36. The molecule has 1 aromatic carbocycles. The molecule has 0 spiro atoms. The topological polar surface area (TPSA) is 55.5 Å². The van der Waals surface area contributed by atoms with Crippen LogP contribution in [0.1, 0.15) is 26.3 Å². The molecule has 0 bridgehead atoms. The van der Waals surface area contributed by atoms with Crippen molar-refractivity contribution in [2.45, 2.75) is 32.4 Å². The van der Waals surface area contributed by atoms with Crippen molar-refractivity contribution in [3.05, 3.63) is 29.8 Å². The van der Waals surface area contributed by atoms with Gasteiger partial charge in [-0.15, -0.1) is 0 Å². The van der Waals surface area contributed by atoms with Crippen molar-refractivity contribution < 1.29 is 9.84 Å². The van der Waals surface area contributed by atoms with Crippen molar-refractivity contribution in [1.29, 1.82) is 0 Å². The molecular weight excluding hydrogens is 190 g/mol. The Morgan fingerprint density at radius 2 is 1.87 bits per heavy atom. The van der Waals surface area contributed by atoms with Crippen LogP contribution in [0.3, 0.4) is 0 Å². The van der Waals surface area contributed by atoms with Gasteiger partial charge in [0.1, 0.15) is 5.75 Å². The van der Waals surface area contributed by atoms with E-state index in [-0.39, 0.29) is 12.7 Å². The maximum Gasteiger partial charge on any atom is 0.119 e. The highest BCUT2D eigenvalue weighted by molar-refractivity contribution is 5.31. The van der Waals surface area contributed by atoms with Gasteiger partial charge in [-0.25, -0.2) is 0 Å². The second kappa shape index (κ2) is 4.64. The molecule has 0 aliphatic rings. The van der Waals surface area contributed by atoms with E-state index in [1.165, 1.54) is 0 Å². The first kappa shape index (κ1) is 12.0. The lowest BCUT2D eigenvalue weighted by Gasteiger charge is -2.22. The number of hydrogen-bond acceptors (Lipinski definition) is 3. The van der Waals surface area contributed by atoms with Crippen LogP contribution in [-0.2, 0) is 5.54 Å². The Labute approximate surface area is 90.9 Å². The average Bonchev–Trinajstić information content (AvgIpc) is 2.18. The van der Waals surface area contributed by atoms with Crippen LogP contribution in [0.2, 0.25) is 0 Å². The van der Waals surface area contributed by atoms with Crippen molar-refractivity contribution >= 4 is 0 Å². The average molecular weight is 209 g/mol. The molecular formula is C12H19NO2. The summed E-state index contributed by atoms with van der Waals surface area (Å²) in [6.45, 7) is 5.69. The lowest BCUT2D eigenvalue weighted by atomic mass is 9.94. The minimum Gasteiger partial charge on any atom is -0.491 e. The summed E-state index contributed by atoms with van der Waals surface area (Å²) in [5.74, 6) is 0.822. The Kier molecular flexibility index (Phi) is 3.72. The highest BCUT2D eigenvalue weighted by Gasteiger charge is 2.19. The van der Waals surface area contributed by atoms with Gasteiger partial charge in [-0.3, -0.25) is 0 Å². The van der Waals surface area contributed by atoms with Crippen LogP contribution < -0.4 is 10.5 Å². The number of hydrogen-bond donors (Lipinski definition) is 2. The fourth-order valence-electron chi connectivity index (χ4n) is 1.28. The Hall–Kier alpha value is -1.06. The zero-order valence-corrected chi connectivity index (χ0v) is 9.53. The molecule has 0 radical (unpaired) electrons. The van der Waals surface area contributed by atoms with Crippen LogP contribution in [0, 0.1) is 0 Å². The van der Waals surface area contributed by atoms with E-state index in [2.05, 4.69) is 0 Å². The largest absolute Gasteiger partial charge is 0.491 e. The predicted octanol–water partition coefficient (Wildman–Crippen LogP) is 1.64. The molecule has 0 amide bonds. The summed E-state index contributed by atoms with van der Waals surface area (Å²) in [6.07, 6.45) is 0.165. The Bertz CT molecular complexity index is 304. The molecule has 1 aromatic rings. The van der Waals surface area contributed by atoms with Gasteiger partial charge in [-0.2, -0.15) is 0 Å². The van der Waals surface area contributed by atoms with E-state index < -0.39 is 5.54 Å². The van der Waals surface area contributed by atoms with E-state index in [0.717, 1.165) is 11.3 Å². The molecule has 0 aliphatic carbocycles. The molecule has 0 aliphatic heterocycles. The smallest absolute Gasteiger partial charge is 0.119 e. The van der Waals surface area contributed by atoms with Crippen LogP contribution in [0.5, 0.6) is 5.75 Å². The molecule has 0 aromatic heterocycles. The second-order valence-electron chi connectivity index (χ2n) is 4.27. The van der Waals surface area contributed by atoms with Gasteiger partial charge >= 0.3 is 0 Å². The van der Waals surface area contributed by atoms with Crippen molar-refractivity contribution in [1.82, 2.24) is 0 Å². The minimum absolute atomic E-state index is 0.0720. The predicted molar refractivity (Wildman–Crippen MR) is 60.8 cm³/mol. The third-order valence-corrected chi connectivity index (χ3v) is 2.21. The zero-order chi connectivity index (χ0) is 11.5. The number of benzene rings is 1. The van der Waals surface area contributed by atoms with Crippen molar-refractivity contribution in [2.75, 3.05) is 6.61 Å². The van der Waals surface area contributed by atoms with Crippen LogP contribution >= 0.6 is 0 Å². The van der Waals surface area contributed by atoms with E-state index >= 15 is 0 Å². The summed E-state index contributed by atoms with van der Waals surface area (Å²) in [7, 11) is 0. The lowest BCUT2D eigenvalue weighted by molar-refractivity contribution is 0.209. The van der Waals surface area contributed by atoms with Crippen LogP contribution in [0.15, 0.2) is 24.3 Å². The van der Waals surface area contributed by atoms with E-state index in [0.29, 0.717) is 0 Å². The van der Waals surface area contributed by atoms with Gasteiger partial charge in [-0.05, 0) is 38.5 Å². The molecule has 0 saturated carbocycles. The van der Waals surface area contributed by atoms with Gasteiger partial charge in [0, 0.05) is 0 Å². The van der Waals surface area contributed by atoms with Crippen LogP contribution in [0.4, 0.5) is 0 Å². The normalized spacial score (nSPS) is 15.1. The Morgan fingerprint density at radius 3 is 2.27 bits per heavy atom. The Balaban J connectivity index is 2.81. The highest BCUT2D eigenvalue weighted by atomic mass is 16.5. The number of aliphatic hydroxyl groups excluding tert-OH is 1. The fourth-order valence-corrected chi connectivity index (χ4v) is 1.28. The zero-order valence-electron chi connectivity index (χ0n) is 9.53. The monoisotopic (exact) mass is 209 g/mol.